The zero-order valence-electron chi connectivity index (χ0n) is 19.6. The van der Waals surface area contributed by atoms with Crippen LogP contribution >= 0.6 is 0 Å². The number of benzene rings is 3. The van der Waals surface area contributed by atoms with E-state index in [0.717, 1.165) is 39.3 Å². The van der Waals surface area contributed by atoms with E-state index in [2.05, 4.69) is 63.4 Å². The highest BCUT2D eigenvalue weighted by Crippen LogP contribution is 2.43. The quantitative estimate of drug-likeness (QED) is 0.460. The van der Waals surface area contributed by atoms with Gasteiger partial charge >= 0.3 is 0 Å². The molecule has 1 aliphatic rings. The average Bonchev–Trinajstić information content (AvgIpc) is 2.73. The summed E-state index contributed by atoms with van der Waals surface area (Å²) in [5.74, 6) is 1.18. The van der Waals surface area contributed by atoms with Crippen molar-refractivity contribution in [2.75, 3.05) is 12.4 Å². The third-order valence-corrected chi connectivity index (χ3v) is 5.91. The second-order valence-corrected chi connectivity index (χ2v) is 9.09. The Balaban J connectivity index is 1.89. The van der Waals surface area contributed by atoms with Crippen molar-refractivity contribution < 1.29 is 13.9 Å². The van der Waals surface area contributed by atoms with Crippen molar-refractivity contribution in [2.45, 2.75) is 46.8 Å². The van der Waals surface area contributed by atoms with E-state index in [1.54, 1.807) is 13.2 Å². The van der Waals surface area contributed by atoms with Gasteiger partial charge in [0.05, 0.1) is 12.6 Å². The van der Waals surface area contributed by atoms with E-state index in [4.69, 9.17) is 9.47 Å². The first-order chi connectivity index (χ1) is 15.2. The second kappa shape index (κ2) is 8.34. The molecule has 4 heteroatoms. The van der Waals surface area contributed by atoms with Crippen molar-refractivity contribution >= 4 is 11.3 Å². The number of fused-ring (bicyclic) bond motifs is 1. The molecule has 0 bridgehead atoms. The molecule has 4 rings (SSSR count). The van der Waals surface area contributed by atoms with Crippen LogP contribution < -0.4 is 14.8 Å². The van der Waals surface area contributed by atoms with Gasteiger partial charge in [-0.05, 0) is 87.2 Å². The Morgan fingerprint density at radius 1 is 0.906 bits per heavy atom. The topological polar surface area (TPSA) is 30.5 Å². The summed E-state index contributed by atoms with van der Waals surface area (Å²) in [7, 11) is 1.61. The Kier molecular flexibility index (Phi) is 5.72. The summed E-state index contributed by atoms with van der Waals surface area (Å²) in [4.78, 5) is 0. The fourth-order valence-electron chi connectivity index (χ4n) is 4.50. The number of anilines is 1. The van der Waals surface area contributed by atoms with Gasteiger partial charge in [0.2, 0.25) is 0 Å². The summed E-state index contributed by atoms with van der Waals surface area (Å²) < 4.78 is 26.2. The lowest BCUT2D eigenvalue weighted by atomic mass is 9.85. The van der Waals surface area contributed by atoms with Crippen LogP contribution in [0.15, 0.2) is 54.6 Å². The van der Waals surface area contributed by atoms with Gasteiger partial charge in [-0.2, -0.15) is 0 Å². The van der Waals surface area contributed by atoms with Crippen molar-refractivity contribution in [1.29, 1.82) is 0 Å². The monoisotopic (exact) mass is 431 g/mol. The van der Waals surface area contributed by atoms with Crippen LogP contribution in [0.4, 0.5) is 10.1 Å². The molecule has 3 aromatic carbocycles. The summed E-state index contributed by atoms with van der Waals surface area (Å²) in [5.41, 5.74) is 8.01. The minimum Gasteiger partial charge on any atom is -0.496 e. The van der Waals surface area contributed by atoms with Crippen molar-refractivity contribution in [3.8, 4) is 22.6 Å². The van der Waals surface area contributed by atoms with Crippen molar-refractivity contribution in [1.82, 2.24) is 0 Å². The molecule has 0 aromatic heterocycles. The minimum atomic E-state index is -0.300. The van der Waals surface area contributed by atoms with Gasteiger partial charge in [-0.15, -0.1) is 0 Å². The molecule has 166 valence electrons. The Hall–Kier alpha value is -3.27. The van der Waals surface area contributed by atoms with Crippen LogP contribution in [-0.4, -0.2) is 12.6 Å². The highest BCUT2D eigenvalue weighted by molar-refractivity contribution is 5.88. The maximum atomic E-state index is 14.3. The molecular formula is C28H30FNO2. The minimum absolute atomic E-state index is 0.152. The molecule has 1 heterocycles. The lowest BCUT2D eigenvalue weighted by Crippen LogP contribution is -2.32. The number of hydrogen-bond donors (Lipinski definition) is 1. The van der Waals surface area contributed by atoms with E-state index < -0.39 is 0 Å². The van der Waals surface area contributed by atoms with Gasteiger partial charge in [0, 0.05) is 22.4 Å². The van der Waals surface area contributed by atoms with Crippen molar-refractivity contribution in [2.24, 2.45) is 0 Å². The molecule has 0 radical (unpaired) electrons. The number of aryl methyl sites for hydroxylation is 2. The van der Waals surface area contributed by atoms with Crippen LogP contribution in [0.1, 0.15) is 43.0 Å². The summed E-state index contributed by atoms with van der Waals surface area (Å²) in [5, 5.41) is 3.61. The van der Waals surface area contributed by atoms with E-state index in [-0.39, 0.29) is 11.4 Å². The number of rotatable bonds is 5. The summed E-state index contributed by atoms with van der Waals surface area (Å²) in [6.45, 7) is 10.9. The van der Waals surface area contributed by atoms with Crippen molar-refractivity contribution in [3.05, 3.63) is 82.7 Å². The van der Waals surface area contributed by atoms with Crippen LogP contribution in [0.3, 0.4) is 0 Å². The lowest BCUT2D eigenvalue weighted by molar-refractivity contribution is 0.304. The van der Waals surface area contributed by atoms with Crippen LogP contribution in [0.25, 0.3) is 16.7 Å². The Labute approximate surface area is 189 Å². The maximum Gasteiger partial charge on any atom is 0.126 e. The van der Waals surface area contributed by atoms with Gasteiger partial charge in [0.1, 0.15) is 23.9 Å². The molecule has 32 heavy (non-hydrogen) atoms. The SMILES string of the molecule is COc1ccc(F)cc1-c1ccc2c(c1COc1cc(C)ccc1C)C(C)=CC(C)(C)N2. The molecule has 3 nitrogen and oxygen atoms in total. The number of halogens is 1. The highest BCUT2D eigenvalue weighted by atomic mass is 19.1. The zero-order chi connectivity index (χ0) is 23.0. The smallest absolute Gasteiger partial charge is 0.126 e. The zero-order valence-corrected chi connectivity index (χ0v) is 19.6. The third-order valence-electron chi connectivity index (χ3n) is 5.91. The highest BCUT2D eigenvalue weighted by Gasteiger charge is 2.27. The molecule has 0 amide bonds. The molecule has 0 atom stereocenters. The second-order valence-electron chi connectivity index (χ2n) is 9.09. The van der Waals surface area contributed by atoms with E-state index in [1.807, 2.05) is 13.0 Å². The van der Waals surface area contributed by atoms with Gasteiger partial charge in [0.25, 0.3) is 0 Å². The standard InChI is InChI=1S/C28H30FNO2/c1-17-7-8-18(2)26(13-17)32-16-23-21(22-14-20(29)9-12-25(22)31-6)10-11-24-27(23)19(3)15-28(4,5)30-24/h7-15,30H,16H2,1-6H3. The molecular weight excluding hydrogens is 401 g/mol. The third kappa shape index (κ3) is 4.22. The molecule has 0 saturated carbocycles. The molecule has 0 saturated heterocycles. The Morgan fingerprint density at radius 3 is 2.44 bits per heavy atom. The summed E-state index contributed by atoms with van der Waals surface area (Å²) in [6.07, 6.45) is 2.23. The van der Waals surface area contributed by atoms with Crippen LogP contribution in [-0.2, 0) is 6.61 Å². The first kappa shape index (κ1) is 21.9. The molecule has 0 spiro atoms. The Bertz CT molecular complexity index is 1210. The van der Waals surface area contributed by atoms with Crippen LogP contribution in [0, 0.1) is 19.7 Å². The molecule has 1 N–H and O–H groups in total. The van der Waals surface area contributed by atoms with Gasteiger partial charge in [0.15, 0.2) is 0 Å². The lowest BCUT2D eigenvalue weighted by Gasteiger charge is -2.33. The molecule has 0 unspecified atom stereocenters. The Morgan fingerprint density at radius 2 is 1.69 bits per heavy atom. The normalized spacial score (nSPS) is 14.3. The number of allylic oxidation sites excluding steroid dienone is 1. The van der Waals surface area contributed by atoms with Gasteiger partial charge in [-0.1, -0.05) is 24.3 Å². The number of ether oxygens (including phenoxy) is 2. The fourth-order valence-corrected chi connectivity index (χ4v) is 4.50. The predicted octanol–water partition coefficient (Wildman–Crippen LogP) is 7.30. The first-order valence-electron chi connectivity index (χ1n) is 10.9. The van der Waals surface area contributed by atoms with Crippen LogP contribution in [0.5, 0.6) is 11.5 Å². The maximum absolute atomic E-state index is 14.3. The summed E-state index contributed by atoms with van der Waals surface area (Å²) in [6, 6.07) is 14.9. The van der Waals surface area contributed by atoms with E-state index in [9.17, 15) is 4.39 Å². The van der Waals surface area contributed by atoms with Gasteiger partial charge in [-0.25, -0.2) is 4.39 Å². The van der Waals surface area contributed by atoms with Gasteiger partial charge < -0.3 is 14.8 Å². The predicted molar refractivity (Wildman–Crippen MR) is 130 cm³/mol. The number of nitrogens with one attached hydrogen (secondary N) is 1. The fraction of sp³-hybridized carbons (Fsp3) is 0.286. The summed E-state index contributed by atoms with van der Waals surface area (Å²) >= 11 is 0. The van der Waals surface area contributed by atoms with E-state index >= 15 is 0 Å². The molecule has 3 aromatic rings. The number of hydrogen-bond acceptors (Lipinski definition) is 3. The van der Waals surface area contributed by atoms with E-state index in [0.29, 0.717) is 17.9 Å². The molecule has 0 aliphatic carbocycles. The first-order valence-corrected chi connectivity index (χ1v) is 10.9. The van der Waals surface area contributed by atoms with Crippen molar-refractivity contribution in [3.63, 3.8) is 0 Å². The molecule has 0 fully saturated rings. The van der Waals surface area contributed by atoms with Crippen LogP contribution in [0.2, 0.25) is 0 Å². The number of methoxy groups -OCH3 is 1. The van der Waals surface area contributed by atoms with Gasteiger partial charge in [-0.3, -0.25) is 0 Å². The average molecular weight is 432 g/mol. The van der Waals surface area contributed by atoms with E-state index in [1.165, 1.54) is 17.7 Å². The largest absolute Gasteiger partial charge is 0.496 e. The molecule has 1 aliphatic heterocycles.